The number of hydrogen-bond donors (Lipinski definition) is 2. The van der Waals surface area contributed by atoms with E-state index < -0.39 is 20.0 Å². The first kappa shape index (κ1) is 29.8. The first-order valence-corrected chi connectivity index (χ1v) is 15.4. The highest BCUT2D eigenvalue weighted by Gasteiger charge is 2.20. The van der Waals surface area contributed by atoms with Crippen LogP contribution in [0, 0.1) is 13.8 Å². The van der Waals surface area contributed by atoms with E-state index in [9.17, 15) is 21.6 Å². The van der Waals surface area contributed by atoms with Crippen LogP contribution in [0.1, 0.15) is 24.0 Å². The van der Waals surface area contributed by atoms with Crippen molar-refractivity contribution in [1.82, 2.24) is 0 Å². The lowest BCUT2D eigenvalue weighted by Crippen LogP contribution is -2.32. The second-order valence-electron chi connectivity index (χ2n) is 8.97. The summed E-state index contributed by atoms with van der Waals surface area (Å²) in [6.45, 7) is 3.88. The van der Waals surface area contributed by atoms with Crippen LogP contribution in [0.25, 0.3) is 0 Å². The summed E-state index contributed by atoms with van der Waals surface area (Å²) in [5.74, 6) is 0.499. The van der Waals surface area contributed by atoms with Gasteiger partial charge in [-0.05, 0) is 73.9 Å². The Hall–Kier alpha value is -3.77. The summed E-state index contributed by atoms with van der Waals surface area (Å²) in [6, 6.07) is 16.0. The van der Waals surface area contributed by atoms with Crippen molar-refractivity contribution >= 4 is 43.0 Å². The van der Waals surface area contributed by atoms with Crippen molar-refractivity contribution in [1.29, 1.82) is 0 Å². The van der Waals surface area contributed by atoms with Gasteiger partial charge in [0.05, 0.1) is 36.7 Å². The molecule has 0 atom stereocenters. The van der Waals surface area contributed by atoms with Crippen LogP contribution in [0.2, 0.25) is 0 Å². The van der Waals surface area contributed by atoms with E-state index in [4.69, 9.17) is 9.47 Å². The zero-order valence-electron chi connectivity index (χ0n) is 22.5. The number of aryl methyl sites for hydroxylation is 2. The molecule has 0 aliphatic rings. The van der Waals surface area contributed by atoms with Gasteiger partial charge in [0.25, 0.3) is 10.0 Å². The molecule has 3 rings (SSSR count). The van der Waals surface area contributed by atoms with Gasteiger partial charge in [-0.3, -0.25) is 13.8 Å². The molecule has 0 unspecified atom stereocenters. The predicted molar refractivity (Wildman–Crippen MR) is 153 cm³/mol. The lowest BCUT2D eigenvalue weighted by molar-refractivity contribution is -0.116. The van der Waals surface area contributed by atoms with Crippen LogP contribution in [0.15, 0.2) is 65.6 Å². The molecule has 0 aromatic heterocycles. The Labute approximate surface area is 230 Å². The Bertz CT molecular complexity index is 1540. The number of carbonyl (C=O) groups excluding carboxylic acids is 1. The zero-order chi connectivity index (χ0) is 28.8. The maximum absolute atomic E-state index is 12.9. The number of methoxy groups -OCH3 is 2. The van der Waals surface area contributed by atoms with Crippen molar-refractivity contribution in [3.8, 4) is 11.5 Å². The van der Waals surface area contributed by atoms with Crippen molar-refractivity contribution in [2.24, 2.45) is 0 Å². The molecule has 12 heteroatoms. The van der Waals surface area contributed by atoms with Crippen molar-refractivity contribution in [3.05, 3.63) is 71.8 Å². The fourth-order valence-electron chi connectivity index (χ4n) is 3.86. The lowest BCUT2D eigenvalue weighted by Gasteiger charge is -2.24. The van der Waals surface area contributed by atoms with Gasteiger partial charge in [0.1, 0.15) is 11.5 Å². The molecule has 2 N–H and O–H groups in total. The van der Waals surface area contributed by atoms with E-state index in [1.54, 1.807) is 12.1 Å². The van der Waals surface area contributed by atoms with E-state index in [1.165, 1.54) is 48.9 Å². The molecule has 0 fully saturated rings. The van der Waals surface area contributed by atoms with Gasteiger partial charge in [0.2, 0.25) is 15.9 Å². The highest BCUT2D eigenvalue weighted by molar-refractivity contribution is 7.92. The molecular weight excluding hydrogens is 542 g/mol. The van der Waals surface area contributed by atoms with E-state index in [0.29, 0.717) is 29.3 Å². The van der Waals surface area contributed by atoms with Crippen LogP contribution < -0.4 is 23.8 Å². The number of nitrogens with zero attached hydrogens (tertiary/aromatic N) is 1. The van der Waals surface area contributed by atoms with Gasteiger partial charge in [0.15, 0.2) is 0 Å². The Balaban J connectivity index is 1.62. The molecule has 3 aromatic carbocycles. The third kappa shape index (κ3) is 7.87. The first-order valence-electron chi connectivity index (χ1n) is 12.0. The monoisotopic (exact) mass is 575 g/mol. The Morgan fingerprint density at radius 1 is 0.897 bits per heavy atom. The Morgan fingerprint density at radius 2 is 1.59 bits per heavy atom. The molecule has 1 amide bonds. The molecule has 210 valence electrons. The smallest absolute Gasteiger partial charge is 0.262 e. The van der Waals surface area contributed by atoms with Gasteiger partial charge in [-0.2, -0.15) is 0 Å². The molecule has 0 bridgehead atoms. The number of benzene rings is 3. The SMILES string of the molecule is COc1ccc(NS(=O)(=O)c2ccc(NC(=O)CCCN(c3cc(C)ccc3C)S(C)(=O)=O)cc2)c(OC)c1. The summed E-state index contributed by atoms with van der Waals surface area (Å²) in [7, 11) is -4.55. The fourth-order valence-corrected chi connectivity index (χ4v) is 5.95. The second-order valence-corrected chi connectivity index (χ2v) is 12.6. The van der Waals surface area contributed by atoms with Crippen LogP contribution in [0.4, 0.5) is 17.1 Å². The van der Waals surface area contributed by atoms with E-state index in [1.807, 2.05) is 32.0 Å². The van der Waals surface area contributed by atoms with Gasteiger partial charge in [-0.25, -0.2) is 16.8 Å². The van der Waals surface area contributed by atoms with Gasteiger partial charge in [0, 0.05) is 24.7 Å². The van der Waals surface area contributed by atoms with E-state index in [2.05, 4.69) is 10.0 Å². The third-order valence-corrected chi connectivity index (χ3v) is 8.46. The normalized spacial score (nSPS) is 11.5. The van der Waals surface area contributed by atoms with Crippen LogP contribution >= 0.6 is 0 Å². The Morgan fingerprint density at radius 3 is 2.21 bits per heavy atom. The standard InChI is InChI=1S/C27H33N3O7S2/c1-19-8-9-20(2)25(17-19)30(38(5,32)33)16-6-7-27(31)28-21-10-13-23(14-11-21)39(34,35)29-24-15-12-22(36-3)18-26(24)37-4/h8-15,17-18,29H,6-7,16H2,1-5H3,(H,28,31). The minimum atomic E-state index is -3.93. The van der Waals surface area contributed by atoms with Gasteiger partial charge < -0.3 is 14.8 Å². The molecule has 0 heterocycles. The van der Waals surface area contributed by atoms with Crippen molar-refractivity contribution in [2.45, 2.75) is 31.6 Å². The van der Waals surface area contributed by atoms with Crippen molar-refractivity contribution in [2.75, 3.05) is 41.4 Å². The van der Waals surface area contributed by atoms with Crippen LogP contribution in [0.3, 0.4) is 0 Å². The maximum Gasteiger partial charge on any atom is 0.262 e. The summed E-state index contributed by atoms with van der Waals surface area (Å²) in [6.07, 6.45) is 1.52. The number of anilines is 3. The van der Waals surface area contributed by atoms with E-state index in [-0.39, 0.29) is 29.5 Å². The maximum atomic E-state index is 12.9. The molecule has 39 heavy (non-hydrogen) atoms. The Kier molecular flexibility index (Phi) is 9.46. The quantitative estimate of drug-likeness (QED) is 0.329. The highest BCUT2D eigenvalue weighted by atomic mass is 32.2. The topological polar surface area (TPSA) is 131 Å². The minimum Gasteiger partial charge on any atom is -0.497 e. The summed E-state index contributed by atoms with van der Waals surface area (Å²) in [5.41, 5.74) is 3.02. The second kappa shape index (κ2) is 12.4. The average molecular weight is 576 g/mol. The first-order chi connectivity index (χ1) is 18.3. The molecule has 0 saturated heterocycles. The average Bonchev–Trinajstić information content (AvgIpc) is 2.88. The number of nitrogens with one attached hydrogen (secondary N) is 2. The highest BCUT2D eigenvalue weighted by Crippen LogP contribution is 2.31. The number of rotatable bonds is 12. The molecular formula is C27H33N3O7S2. The van der Waals surface area contributed by atoms with Gasteiger partial charge in [-0.15, -0.1) is 0 Å². The fraction of sp³-hybridized carbons (Fsp3) is 0.296. The predicted octanol–water partition coefficient (Wildman–Crippen LogP) is 4.31. The summed E-state index contributed by atoms with van der Waals surface area (Å²) < 4.78 is 64.7. The number of amides is 1. The van der Waals surface area contributed by atoms with Crippen molar-refractivity contribution < 1.29 is 31.1 Å². The van der Waals surface area contributed by atoms with E-state index >= 15 is 0 Å². The summed E-state index contributed by atoms with van der Waals surface area (Å²) in [4.78, 5) is 12.5. The number of carbonyl (C=O) groups is 1. The lowest BCUT2D eigenvalue weighted by atomic mass is 10.1. The number of sulfonamides is 2. The molecule has 3 aromatic rings. The number of hydrogen-bond acceptors (Lipinski definition) is 7. The zero-order valence-corrected chi connectivity index (χ0v) is 24.1. The largest absolute Gasteiger partial charge is 0.497 e. The van der Waals surface area contributed by atoms with Gasteiger partial charge >= 0.3 is 0 Å². The number of ether oxygens (including phenoxy) is 2. The van der Waals surface area contributed by atoms with E-state index in [0.717, 1.165) is 17.4 Å². The minimum absolute atomic E-state index is 0.00399. The van der Waals surface area contributed by atoms with Gasteiger partial charge in [-0.1, -0.05) is 12.1 Å². The molecule has 0 aliphatic heterocycles. The molecule has 0 saturated carbocycles. The van der Waals surface area contributed by atoms with Crippen molar-refractivity contribution in [3.63, 3.8) is 0 Å². The molecule has 0 spiro atoms. The molecule has 10 nitrogen and oxygen atoms in total. The van der Waals surface area contributed by atoms with Crippen LogP contribution in [0.5, 0.6) is 11.5 Å². The summed E-state index contributed by atoms with van der Waals surface area (Å²) >= 11 is 0. The molecule has 0 aliphatic carbocycles. The van der Waals surface area contributed by atoms with Crippen LogP contribution in [-0.2, 0) is 24.8 Å². The van der Waals surface area contributed by atoms with Crippen LogP contribution in [-0.4, -0.2) is 49.8 Å². The molecule has 0 radical (unpaired) electrons. The summed E-state index contributed by atoms with van der Waals surface area (Å²) in [5, 5.41) is 2.72. The third-order valence-electron chi connectivity index (χ3n) is 5.90.